The Morgan fingerprint density at radius 3 is 2.32 bits per heavy atom. The molecule has 0 heterocycles. The Labute approximate surface area is 162 Å². The number of carboxylic acid groups (broad SMARTS) is 1. The zero-order chi connectivity index (χ0) is 21.1. The molecular weight excluding hydrogens is 405 g/mol. The van der Waals surface area contributed by atoms with E-state index in [4.69, 9.17) is 21.1 Å². The summed E-state index contributed by atoms with van der Waals surface area (Å²) < 4.78 is 53.4. The molecular formula is C18H14ClF3O6. The van der Waals surface area contributed by atoms with Crippen molar-refractivity contribution in [2.24, 2.45) is 0 Å². The molecule has 1 unspecified atom stereocenters. The van der Waals surface area contributed by atoms with Gasteiger partial charge in [0.1, 0.15) is 22.8 Å². The van der Waals surface area contributed by atoms with Crippen molar-refractivity contribution in [3.63, 3.8) is 0 Å². The molecule has 0 aliphatic rings. The zero-order valence-electron chi connectivity index (χ0n) is 14.5. The normalized spacial score (nSPS) is 12.2. The van der Waals surface area contributed by atoms with Crippen LogP contribution < -0.4 is 9.47 Å². The molecule has 0 amide bonds. The molecule has 1 N–H and O–H groups in total. The minimum Gasteiger partial charge on any atom is -0.478 e. The Kier molecular flexibility index (Phi) is 6.40. The van der Waals surface area contributed by atoms with E-state index in [1.165, 1.54) is 19.1 Å². The third-order valence-electron chi connectivity index (χ3n) is 3.51. The van der Waals surface area contributed by atoms with E-state index in [2.05, 4.69) is 4.74 Å². The van der Waals surface area contributed by atoms with Gasteiger partial charge in [0.05, 0.1) is 17.7 Å². The monoisotopic (exact) mass is 418 g/mol. The highest BCUT2D eigenvalue weighted by atomic mass is 35.5. The third-order valence-corrected chi connectivity index (χ3v) is 3.80. The van der Waals surface area contributed by atoms with Gasteiger partial charge in [-0.3, -0.25) is 0 Å². The highest BCUT2D eigenvalue weighted by Crippen LogP contribution is 2.37. The molecule has 0 aliphatic carbocycles. The zero-order valence-corrected chi connectivity index (χ0v) is 15.3. The van der Waals surface area contributed by atoms with Gasteiger partial charge >= 0.3 is 18.1 Å². The Morgan fingerprint density at radius 1 is 1.11 bits per heavy atom. The minimum absolute atomic E-state index is 0.0405. The lowest BCUT2D eigenvalue weighted by Crippen LogP contribution is -2.25. The standard InChI is InChI=1S/C18H14ClF3O6/c1-9(17(25)26-2)27-15-8-11(4-5-12(15)16(23)24)28-14-6-3-10(7-13(14)19)18(20,21)22/h3-9H,1-2H3,(H,23,24). The summed E-state index contributed by atoms with van der Waals surface area (Å²) in [5.41, 5.74) is -1.19. The number of alkyl halides is 3. The minimum atomic E-state index is -4.56. The number of carbonyl (C=O) groups is 2. The fourth-order valence-corrected chi connectivity index (χ4v) is 2.35. The quantitative estimate of drug-likeness (QED) is 0.679. The molecule has 2 aromatic rings. The average molecular weight is 419 g/mol. The second-order valence-corrected chi connectivity index (χ2v) is 5.90. The van der Waals surface area contributed by atoms with E-state index in [1.807, 2.05) is 0 Å². The van der Waals surface area contributed by atoms with Gasteiger partial charge in [0, 0.05) is 6.07 Å². The van der Waals surface area contributed by atoms with Crippen LogP contribution in [0, 0.1) is 0 Å². The first-order valence-corrected chi connectivity index (χ1v) is 8.07. The van der Waals surface area contributed by atoms with E-state index < -0.39 is 29.8 Å². The van der Waals surface area contributed by atoms with E-state index in [-0.39, 0.29) is 27.8 Å². The number of rotatable bonds is 6. The Hall–Kier alpha value is -2.94. The molecule has 0 saturated carbocycles. The van der Waals surface area contributed by atoms with E-state index in [1.54, 1.807) is 0 Å². The van der Waals surface area contributed by atoms with Gasteiger partial charge in [-0.1, -0.05) is 11.6 Å². The van der Waals surface area contributed by atoms with Gasteiger partial charge in [-0.05, 0) is 37.3 Å². The van der Waals surface area contributed by atoms with E-state index in [0.717, 1.165) is 25.3 Å². The SMILES string of the molecule is COC(=O)C(C)Oc1cc(Oc2ccc(C(F)(F)F)cc2Cl)ccc1C(=O)O. The number of ether oxygens (including phenoxy) is 3. The van der Waals surface area contributed by atoms with Crippen LogP contribution in [-0.2, 0) is 15.7 Å². The summed E-state index contributed by atoms with van der Waals surface area (Å²) in [6, 6.07) is 6.15. The van der Waals surface area contributed by atoms with Crippen molar-refractivity contribution >= 4 is 23.5 Å². The van der Waals surface area contributed by atoms with E-state index >= 15 is 0 Å². The molecule has 28 heavy (non-hydrogen) atoms. The Morgan fingerprint density at radius 2 is 1.79 bits per heavy atom. The van der Waals surface area contributed by atoms with Crippen LogP contribution in [0.15, 0.2) is 36.4 Å². The molecule has 1 atom stereocenters. The van der Waals surface area contributed by atoms with Crippen LogP contribution in [-0.4, -0.2) is 30.3 Å². The summed E-state index contributed by atoms with van der Waals surface area (Å²) in [4.78, 5) is 22.8. The van der Waals surface area contributed by atoms with Crippen molar-refractivity contribution in [1.29, 1.82) is 0 Å². The van der Waals surface area contributed by atoms with Crippen LogP contribution in [0.25, 0.3) is 0 Å². The largest absolute Gasteiger partial charge is 0.478 e. The molecule has 0 aliphatic heterocycles. The molecule has 6 nitrogen and oxygen atoms in total. The highest BCUT2D eigenvalue weighted by Gasteiger charge is 2.31. The number of halogens is 4. The van der Waals surface area contributed by atoms with Crippen LogP contribution in [0.1, 0.15) is 22.8 Å². The van der Waals surface area contributed by atoms with Crippen molar-refractivity contribution < 1.29 is 42.1 Å². The highest BCUT2D eigenvalue weighted by molar-refractivity contribution is 6.32. The van der Waals surface area contributed by atoms with Gasteiger partial charge in [-0.25, -0.2) is 9.59 Å². The number of esters is 1. The topological polar surface area (TPSA) is 82.1 Å². The average Bonchev–Trinajstić information content (AvgIpc) is 2.61. The van der Waals surface area contributed by atoms with Gasteiger partial charge in [0.25, 0.3) is 0 Å². The van der Waals surface area contributed by atoms with Gasteiger partial charge < -0.3 is 19.3 Å². The number of carbonyl (C=O) groups excluding carboxylic acids is 1. The molecule has 2 aromatic carbocycles. The summed E-state index contributed by atoms with van der Waals surface area (Å²) in [6.45, 7) is 1.36. The van der Waals surface area contributed by atoms with Crippen molar-refractivity contribution in [3.05, 3.63) is 52.5 Å². The predicted octanol–water partition coefficient (Wildman–Crippen LogP) is 4.79. The molecule has 0 fully saturated rings. The van der Waals surface area contributed by atoms with E-state index in [0.29, 0.717) is 6.07 Å². The van der Waals surface area contributed by atoms with Gasteiger partial charge in [0.15, 0.2) is 6.10 Å². The molecule has 0 spiro atoms. The molecule has 150 valence electrons. The number of hydrogen-bond donors (Lipinski definition) is 1. The molecule has 0 bridgehead atoms. The van der Waals surface area contributed by atoms with Crippen LogP contribution in [0.2, 0.25) is 5.02 Å². The molecule has 0 radical (unpaired) electrons. The molecule has 10 heteroatoms. The fraction of sp³-hybridized carbons (Fsp3) is 0.222. The maximum Gasteiger partial charge on any atom is 0.416 e. The second-order valence-electron chi connectivity index (χ2n) is 5.49. The number of methoxy groups -OCH3 is 1. The molecule has 0 saturated heterocycles. The van der Waals surface area contributed by atoms with Gasteiger partial charge in [0.2, 0.25) is 0 Å². The fourth-order valence-electron chi connectivity index (χ4n) is 2.13. The van der Waals surface area contributed by atoms with Crippen LogP contribution >= 0.6 is 11.6 Å². The van der Waals surface area contributed by atoms with Crippen LogP contribution in [0.5, 0.6) is 17.2 Å². The number of aromatic carboxylic acids is 1. The maximum absolute atomic E-state index is 12.7. The predicted molar refractivity (Wildman–Crippen MR) is 92.0 cm³/mol. The summed E-state index contributed by atoms with van der Waals surface area (Å²) in [5, 5.41) is 8.95. The molecule has 0 aromatic heterocycles. The first-order valence-electron chi connectivity index (χ1n) is 7.69. The first kappa shape index (κ1) is 21.4. The Bertz CT molecular complexity index is 897. The maximum atomic E-state index is 12.7. The van der Waals surface area contributed by atoms with Crippen LogP contribution in [0.3, 0.4) is 0 Å². The lowest BCUT2D eigenvalue weighted by atomic mass is 10.2. The van der Waals surface area contributed by atoms with Crippen molar-refractivity contribution in [2.75, 3.05) is 7.11 Å². The van der Waals surface area contributed by atoms with Gasteiger partial charge in [-0.15, -0.1) is 0 Å². The molecule has 2 rings (SSSR count). The smallest absolute Gasteiger partial charge is 0.416 e. The number of carboxylic acids is 1. The summed E-state index contributed by atoms with van der Waals surface area (Å²) >= 11 is 5.84. The number of benzene rings is 2. The summed E-state index contributed by atoms with van der Waals surface area (Å²) in [7, 11) is 1.15. The number of hydrogen-bond acceptors (Lipinski definition) is 5. The van der Waals surface area contributed by atoms with Crippen molar-refractivity contribution in [3.8, 4) is 17.2 Å². The van der Waals surface area contributed by atoms with Crippen LogP contribution in [0.4, 0.5) is 13.2 Å². The Balaban J connectivity index is 2.33. The third kappa shape index (κ3) is 5.07. The summed E-state index contributed by atoms with van der Waals surface area (Å²) in [6.07, 6.45) is -5.66. The van der Waals surface area contributed by atoms with Crippen molar-refractivity contribution in [2.45, 2.75) is 19.2 Å². The first-order chi connectivity index (χ1) is 13.0. The lowest BCUT2D eigenvalue weighted by molar-refractivity contribution is -0.148. The second kappa shape index (κ2) is 8.39. The lowest BCUT2D eigenvalue weighted by Gasteiger charge is -2.16. The van der Waals surface area contributed by atoms with Gasteiger partial charge in [-0.2, -0.15) is 13.2 Å². The van der Waals surface area contributed by atoms with E-state index in [9.17, 15) is 27.9 Å². The summed E-state index contributed by atoms with van der Waals surface area (Å²) in [5.74, 6) is -2.27. The van der Waals surface area contributed by atoms with Crippen molar-refractivity contribution in [1.82, 2.24) is 0 Å².